The molecule has 1 heterocycles. The second kappa shape index (κ2) is 9.28. The first-order chi connectivity index (χ1) is 11.8. The summed E-state index contributed by atoms with van der Waals surface area (Å²) in [6, 6.07) is 0. The average molecular weight is 351 g/mol. The molecule has 0 bridgehead atoms. The number of hydrogen-bond donors (Lipinski definition) is 0. The van der Waals surface area contributed by atoms with E-state index in [0.29, 0.717) is 17.9 Å². The van der Waals surface area contributed by atoms with E-state index in [2.05, 4.69) is 17.1 Å². The Morgan fingerprint density at radius 3 is 2.00 bits per heavy atom. The minimum absolute atomic E-state index is 0.469. The average Bonchev–Trinajstić information content (AvgIpc) is 3.13. The van der Waals surface area contributed by atoms with E-state index in [9.17, 15) is 0 Å². The van der Waals surface area contributed by atoms with Gasteiger partial charge in [-0.15, -0.1) is 21.5 Å². The molecule has 0 saturated heterocycles. The van der Waals surface area contributed by atoms with E-state index < -0.39 is 0 Å². The molecule has 0 unspecified atom stereocenters. The van der Waals surface area contributed by atoms with Gasteiger partial charge in [0.2, 0.25) is 0 Å². The zero-order valence-corrected chi connectivity index (χ0v) is 16.3. The number of rotatable bonds is 7. The molecule has 1 aromatic heterocycles. The molecule has 0 atom stereocenters. The lowest BCUT2D eigenvalue weighted by atomic mass is 9.80. The van der Waals surface area contributed by atoms with Crippen LogP contribution in [0.3, 0.4) is 0 Å². The van der Waals surface area contributed by atoms with Crippen LogP contribution in [-0.2, 0) is 4.74 Å². The SMILES string of the molecule is CCCCCC1CCC(c2nnc(C3CCC(OC)CC3)s2)CC1. The summed E-state index contributed by atoms with van der Waals surface area (Å²) in [5.74, 6) is 2.30. The number of aromatic nitrogens is 2. The van der Waals surface area contributed by atoms with E-state index in [1.165, 1.54) is 87.1 Å². The zero-order chi connectivity index (χ0) is 16.8. The van der Waals surface area contributed by atoms with Gasteiger partial charge in [-0.25, -0.2) is 0 Å². The monoisotopic (exact) mass is 350 g/mol. The first-order valence-electron chi connectivity index (χ1n) is 10.2. The Morgan fingerprint density at radius 2 is 1.46 bits per heavy atom. The fourth-order valence-corrected chi connectivity index (χ4v) is 5.69. The van der Waals surface area contributed by atoms with Gasteiger partial charge >= 0.3 is 0 Å². The van der Waals surface area contributed by atoms with Crippen LogP contribution < -0.4 is 0 Å². The highest BCUT2D eigenvalue weighted by atomic mass is 32.1. The third kappa shape index (κ3) is 4.78. The van der Waals surface area contributed by atoms with Crippen LogP contribution in [0.2, 0.25) is 0 Å². The van der Waals surface area contributed by atoms with E-state index in [4.69, 9.17) is 4.74 Å². The first-order valence-corrected chi connectivity index (χ1v) is 11.0. The van der Waals surface area contributed by atoms with Crippen molar-refractivity contribution in [1.82, 2.24) is 10.2 Å². The number of unbranched alkanes of at least 4 members (excludes halogenated alkanes) is 2. The fourth-order valence-electron chi connectivity index (χ4n) is 4.50. The molecule has 136 valence electrons. The van der Waals surface area contributed by atoms with E-state index in [0.717, 1.165) is 5.92 Å². The lowest BCUT2D eigenvalue weighted by Crippen LogP contribution is -2.19. The van der Waals surface area contributed by atoms with Crippen LogP contribution in [0.1, 0.15) is 106 Å². The third-order valence-corrected chi connectivity index (χ3v) is 7.47. The van der Waals surface area contributed by atoms with Crippen molar-refractivity contribution in [2.24, 2.45) is 5.92 Å². The topological polar surface area (TPSA) is 35.0 Å². The van der Waals surface area contributed by atoms with Crippen LogP contribution in [0.25, 0.3) is 0 Å². The molecule has 3 rings (SSSR count). The van der Waals surface area contributed by atoms with Gasteiger partial charge in [0, 0.05) is 18.9 Å². The maximum atomic E-state index is 5.49. The number of methoxy groups -OCH3 is 1. The Morgan fingerprint density at radius 1 is 0.875 bits per heavy atom. The van der Waals surface area contributed by atoms with Crippen molar-refractivity contribution in [3.8, 4) is 0 Å². The molecule has 0 N–H and O–H groups in total. The van der Waals surface area contributed by atoms with Gasteiger partial charge < -0.3 is 4.74 Å². The van der Waals surface area contributed by atoms with Gasteiger partial charge in [-0.1, -0.05) is 32.6 Å². The molecule has 2 aliphatic carbocycles. The quantitative estimate of drug-likeness (QED) is 0.560. The molecule has 2 fully saturated rings. The van der Waals surface area contributed by atoms with Gasteiger partial charge in [-0.3, -0.25) is 0 Å². The molecule has 1 aromatic rings. The van der Waals surface area contributed by atoms with Crippen molar-refractivity contribution in [2.45, 2.75) is 102 Å². The van der Waals surface area contributed by atoms with Gasteiger partial charge in [-0.05, 0) is 57.3 Å². The second-order valence-electron chi connectivity index (χ2n) is 7.90. The molecule has 0 amide bonds. The normalized spacial score (nSPS) is 31.2. The van der Waals surface area contributed by atoms with E-state index in [-0.39, 0.29) is 0 Å². The van der Waals surface area contributed by atoms with E-state index >= 15 is 0 Å². The molecule has 0 spiro atoms. The lowest BCUT2D eigenvalue weighted by molar-refractivity contribution is 0.0658. The van der Waals surface area contributed by atoms with Crippen molar-refractivity contribution >= 4 is 11.3 Å². The Balaban J connectivity index is 1.46. The summed E-state index contributed by atoms with van der Waals surface area (Å²) in [5.41, 5.74) is 0. The largest absolute Gasteiger partial charge is 0.381 e. The number of nitrogens with zero attached hydrogens (tertiary/aromatic N) is 2. The molecular weight excluding hydrogens is 316 g/mol. The molecular formula is C20H34N2OS. The molecule has 2 aliphatic rings. The molecule has 4 heteroatoms. The van der Waals surface area contributed by atoms with Gasteiger partial charge in [0.25, 0.3) is 0 Å². The van der Waals surface area contributed by atoms with E-state index in [1.807, 2.05) is 18.4 Å². The molecule has 24 heavy (non-hydrogen) atoms. The molecule has 0 aromatic carbocycles. The summed E-state index contributed by atoms with van der Waals surface area (Å²) >= 11 is 1.91. The van der Waals surface area contributed by atoms with Crippen LogP contribution in [0.15, 0.2) is 0 Å². The summed E-state index contributed by atoms with van der Waals surface area (Å²) < 4.78 is 5.49. The van der Waals surface area contributed by atoms with E-state index in [1.54, 1.807) is 0 Å². The summed E-state index contributed by atoms with van der Waals surface area (Å²) in [6.45, 7) is 2.30. The summed E-state index contributed by atoms with van der Waals surface area (Å²) in [7, 11) is 1.84. The Labute approximate surface area is 151 Å². The first kappa shape index (κ1) is 18.3. The van der Waals surface area contributed by atoms with Crippen molar-refractivity contribution in [1.29, 1.82) is 0 Å². The van der Waals surface area contributed by atoms with Gasteiger partial charge in [0.05, 0.1) is 6.10 Å². The van der Waals surface area contributed by atoms with Crippen molar-refractivity contribution in [3.05, 3.63) is 10.0 Å². The number of hydrogen-bond acceptors (Lipinski definition) is 4. The number of ether oxygens (including phenoxy) is 1. The molecule has 3 nitrogen and oxygen atoms in total. The predicted molar refractivity (Wildman–Crippen MR) is 101 cm³/mol. The Hall–Kier alpha value is -0.480. The van der Waals surface area contributed by atoms with Crippen LogP contribution in [0.4, 0.5) is 0 Å². The highest BCUT2D eigenvalue weighted by Gasteiger charge is 2.28. The Bertz CT molecular complexity index is 474. The zero-order valence-electron chi connectivity index (χ0n) is 15.5. The van der Waals surface area contributed by atoms with Gasteiger partial charge in [-0.2, -0.15) is 0 Å². The third-order valence-electron chi connectivity index (χ3n) is 6.22. The maximum absolute atomic E-state index is 5.49. The van der Waals surface area contributed by atoms with Gasteiger partial charge in [0.1, 0.15) is 10.0 Å². The Kier molecular flexibility index (Phi) is 7.08. The predicted octanol–water partition coefficient (Wildman–Crippen LogP) is 6.06. The minimum Gasteiger partial charge on any atom is -0.381 e. The molecule has 2 saturated carbocycles. The minimum atomic E-state index is 0.469. The van der Waals surface area contributed by atoms with Crippen LogP contribution in [0, 0.1) is 5.92 Å². The fraction of sp³-hybridized carbons (Fsp3) is 0.900. The highest BCUT2D eigenvalue weighted by molar-refractivity contribution is 7.11. The lowest BCUT2D eigenvalue weighted by Gasteiger charge is -2.27. The van der Waals surface area contributed by atoms with Gasteiger partial charge in [0.15, 0.2) is 0 Å². The van der Waals surface area contributed by atoms with Crippen molar-refractivity contribution < 1.29 is 4.74 Å². The summed E-state index contributed by atoms with van der Waals surface area (Å²) in [4.78, 5) is 0. The maximum Gasteiger partial charge on any atom is 0.120 e. The van der Waals surface area contributed by atoms with Crippen LogP contribution in [0.5, 0.6) is 0 Å². The summed E-state index contributed by atoms with van der Waals surface area (Å²) in [6.07, 6.45) is 16.4. The molecule has 0 aliphatic heterocycles. The second-order valence-corrected chi connectivity index (χ2v) is 8.94. The van der Waals surface area contributed by atoms with Crippen molar-refractivity contribution in [2.75, 3.05) is 7.11 Å². The highest BCUT2D eigenvalue weighted by Crippen LogP contribution is 2.41. The molecule has 0 radical (unpaired) electrons. The van der Waals surface area contributed by atoms with Crippen molar-refractivity contribution in [3.63, 3.8) is 0 Å². The summed E-state index contributed by atoms with van der Waals surface area (Å²) in [5, 5.41) is 11.8. The van der Waals surface area contributed by atoms with Crippen LogP contribution in [-0.4, -0.2) is 23.4 Å². The van der Waals surface area contributed by atoms with Crippen LogP contribution >= 0.6 is 11.3 Å². The standard InChI is InChI=1S/C20H34N2OS/c1-3-4-5-6-15-7-9-16(10-8-15)19-21-22-20(24-19)17-11-13-18(23-2)14-12-17/h15-18H,3-14H2,1-2H3. The smallest absolute Gasteiger partial charge is 0.120 e.